The summed E-state index contributed by atoms with van der Waals surface area (Å²) >= 11 is 0. The number of carbonyl (C=O) groups is 2. The third-order valence-corrected chi connectivity index (χ3v) is 5.56. The monoisotopic (exact) mass is 379 g/mol. The molecule has 2 aromatic carbocycles. The number of nitrogens with two attached hydrogens (primary N) is 1. The van der Waals surface area contributed by atoms with E-state index in [0.29, 0.717) is 17.2 Å². The first-order valence-corrected chi connectivity index (χ1v) is 9.95. The van der Waals surface area contributed by atoms with Crippen molar-refractivity contribution >= 4 is 17.5 Å². The average molecular weight is 380 g/mol. The van der Waals surface area contributed by atoms with Gasteiger partial charge in [-0.15, -0.1) is 0 Å². The van der Waals surface area contributed by atoms with Gasteiger partial charge in [-0.2, -0.15) is 0 Å². The van der Waals surface area contributed by atoms with Gasteiger partial charge in [0.05, 0.1) is 5.92 Å². The predicted molar refractivity (Wildman–Crippen MR) is 112 cm³/mol. The lowest BCUT2D eigenvalue weighted by Crippen LogP contribution is -2.37. The van der Waals surface area contributed by atoms with Crippen LogP contribution in [0.25, 0.3) is 0 Å². The zero-order chi connectivity index (χ0) is 20.1. The lowest BCUT2D eigenvalue weighted by atomic mass is 9.97. The van der Waals surface area contributed by atoms with E-state index in [4.69, 9.17) is 5.73 Å². The summed E-state index contributed by atoms with van der Waals surface area (Å²) in [4.78, 5) is 27.4. The standard InChI is InChI=1S/C23H29N3O2/c1-16-10-12-26(13-11-16)23(28)19-8-9-21(17(2)14-19)25-22(27)20(15-24)18-6-4-3-5-7-18/h3-9,14,16,20H,10-13,15,24H2,1-2H3,(H,25,27). The Balaban J connectivity index is 1.70. The molecule has 0 aliphatic carbocycles. The number of nitrogens with zero attached hydrogens (tertiary/aromatic N) is 1. The number of rotatable bonds is 5. The number of anilines is 1. The van der Waals surface area contributed by atoms with Crippen molar-refractivity contribution in [1.29, 1.82) is 0 Å². The van der Waals surface area contributed by atoms with Crippen molar-refractivity contribution in [3.63, 3.8) is 0 Å². The van der Waals surface area contributed by atoms with Gasteiger partial charge in [-0.1, -0.05) is 37.3 Å². The fourth-order valence-corrected chi connectivity index (χ4v) is 3.63. The molecule has 148 valence electrons. The fourth-order valence-electron chi connectivity index (χ4n) is 3.63. The molecule has 0 radical (unpaired) electrons. The largest absolute Gasteiger partial charge is 0.339 e. The van der Waals surface area contributed by atoms with Gasteiger partial charge < -0.3 is 16.0 Å². The minimum Gasteiger partial charge on any atom is -0.339 e. The normalized spacial score (nSPS) is 15.9. The van der Waals surface area contributed by atoms with Crippen molar-refractivity contribution in [2.75, 3.05) is 25.0 Å². The van der Waals surface area contributed by atoms with Gasteiger partial charge in [0, 0.05) is 30.9 Å². The van der Waals surface area contributed by atoms with Gasteiger partial charge in [0.2, 0.25) is 5.91 Å². The molecule has 0 aromatic heterocycles. The molecule has 2 aromatic rings. The van der Waals surface area contributed by atoms with E-state index >= 15 is 0 Å². The molecule has 28 heavy (non-hydrogen) atoms. The first-order valence-electron chi connectivity index (χ1n) is 9.95. The number of likely N-dealkylation sites (tertiary alicyclic amines) is 1. The minimum absolute atomic E-state index is 0.0667. The summed E-state index contributed by atoms with van der Waals surface area (Å²) in [5.74, 6) is 0.207. The highest BCUT2D eigenvalue weighted by molar-refractivity contribution is 5.98. The average Bonchev–Trinajstić information content (AvgIpc) is 2.71. The predicted octanol–water partition coefficient (Wildman–Crippen LogP) is 3.55. The molecule has 0 spiro atoms. The van der Waals surface area contributed by atoms with Crippen LogP contribution in [0, 0.1) is 12.8 Å². The Morgan fingerprint density at radius 1 is 1.14 bits per heavy atom. The van der Waals surface area contributed by atoms with E-state index in [1.807, 2.05) is 54.3 Å². The van der Waals surface area contributed by atoms with Crippen LogP contribution in [-0.2, 0) is 4.79 Å². The Hall–Kier alpha value is -2.66. The lowest BCUT2D eigenvalue weighted by Gasteiger charge is -2.30. The molecule has 5 nitrogen and oxygen atoms in total. The molecule has 1 aliphatic rings. The van der Waals surface area contributed by atoms with E-state index in [2.05, 4.69) is 12.2 Å². The van der Waals surface area contributed by atoms with Gasteiger partial charge in [0.1, 0.15) is 0 Å². The topological polar surface area (TPSA) is 75.4 Å². The van der Waals surface area contributed by atoms with E-state index in [1.54, 1.807) is 6.07 Å². The Kier molecular flexibility index (Phi) is 6.47. The van der Waals surface area contributed by atoms with Crippen molar-refractivity contribution in [3.05, 3.63) is 65.2 Å². The molecule has 1 fully saturated rings. The summed E-state index contributed by atoms with van der Waals surface area (Å²) in [5, 5.41) is 2.97. The summed E-state index contributed by atoms with van der Waals surface area (Å²) in [6.07, 6.45) is 2.11. The molecule has 1 unspecified atom stereocenters. The van der Waals surface area contributed by atoms with Crippen LogP contribution in [0.1, 0.15) is 47.2 Å². The molecular weight excluding hydrogens is 350 g/mol. The van der Waals surface area contributed by atoms with Crippen LogP contribution >= 0.6 is 0 Å². The number of hydrogen-bond donors (Lipinski definition) is 2. The Labute approximate surface area is 166 Å². The third kappa shape index (κ3) is 4.60. The molecule has 3 rings (SSSR count). The summed E-state index contributed by atoms with van der Waals surface area (Å²) in [5.41, 5.74) is 8.99. The first kappa shape index (κ1) is 20.1. The van der Waals surface area contributed by atoms with E-state index in [0.717, 1.165) is 37.1 Å². The van der Waals surface area contributed by atoms with Crippen LogP contribution in [0.3, 0.4) is 0 Å². The van der Waals surface area contributed by atoms with E-state index < -0.39 is 5.92 Å². The van der Waals surface area contributed by atoms with Crippen LogP contribution in [0.5, 0.6) is 0 Å². The van der Waals surface area contributed by atoms with Gasteiger partial charge in [-0.3, -0.25) is 9.59 Å². The van der Waals surface area contributed by atoms with Crippen molar-refractivity contribution < 1.29 is 9.59 Å². The second-order valence-corrected chi connectivity index (χ2v) is 7.69. The van der Waals surface area contributed by atoms with Crippen LogP contribution in [0.15, 0.2) is 48.5 Å². The number of piperidine rings is 1. The highest BCUT2D eigenvalue weighted by Gasteiger charge is 2.23. The number of nitrogens with one attached hydrogen (secondary N) is 1. The molecule has 1 aliphatic heterocycles. The van der Waals surface area contributed by atoms with Crippen molar-refractivity contribution in [3.8, 4) is 0 Å². The maximum Gasteiger partial charge on any atom is 0.253 e. The highest BCUT2D eigenvalue weighted by Crippen LogP contribution is 2.23. The van der Waals surface area contributed by atoms with E-state index in [-0.39, 0.29) is 18.4 Å². The number of hydrogen-bond acceptors (Lipinski definition) is 3. The third-order valence-electron chi connectivity index (χ3n) is 5.56. The van der Waals surface area contributed by atoms with Gasteiger partial charge in [0.25, 0.3) is 5.91 Å². The summed E-state index contributed by atoms with van der Waals surface area (Å²) in [6, 6.07) is 15.0. The molecule has 1 atom stereocenters. The number of amides is 2. The molecule has 0 saturated carbocycles. The van der Waals surface area contributed by atoms with E-state index in [9.17, 15) is 9.59 Å². The summed E-state index contributed by atoms with van der Waals surface area (Å²) in [6.45, 7) is 6.00. The number of benzene rings is 2. The van der Waals surface area contributed by atoms with Gasteiger partial charge >= 0.3 is 0 Å². The zero-order valence-corrected chi connectivity index (χ0v) is 16.7. The van der Waals surface area contributed by atoms with Crippen LogP contribution < -0.4 is 11.1 Å². The molecule has 5 heteroatoms. The fraction of sp³-hybridized carbons (Fsp3) is 0.391. The molecular formula is C23H29N3O2. The van der Waals surface area contributed by atoms with Crippen LogP contribution in [-0.4, -0.2) is 36.3 Å². The quantitative estimate of drug-likeness (QED) is 0.834. The zero-order valence-electron chi connectivity index (χ0n) is 16.7. The second kappa shape index (κ2) is 9.02. The highest BCUT2D eigenvalue weighted by atomic mass is 16.2. The van der Waals surface area contributed by atoms with Gasteiger partial charge in [-0.05, 0) is 55.0 Å². The molecule has 2 amide bonds. The molecule has 1 heterocycles. The second-order valence-electron chi connectivity index (χ2n) is 7.69. The molecule has 3 N–H and O–H groups in total. The first-order chi connectivity index (χ1) is 13.5. The Bertz CT molecular complexity index is 827. The Morgan fingerprint density at radius 3 is 2.43 bits per heavy atom. The van der Waals surface area contributed by atoms with Gasteiger partial charge in [0.15, 0.2) is 0 Å². The maximum absolute atomic E-state index is 12.8. The SMILES string of the molecule is Cc1cc(C(=O)N2CCC(C)CC2)ccc1NC(=O)C(CN)c1ccccc1. The number of carbonyl (C=O) groups excluding carboxylic acids is 2. The van der Waals surface area contributed by atoms with E-state index in [1.165, 1.54) is 0 Å². The van der Waals surface area contributed by atoms with Crippen molar-refractivity contribution in [2.45, 2.75) is 32.6 Å². The van der Waals surface area contributed by atoms with Crippen LogP contribution in [0.4, 0.5) is 5.69 Å². The van der Waals surface area contributed by atoms with Crippen LogP contribution in [0.2, 0.25) is 0 Å². The van der Waals surface area contributed by atoms with Crippen molar-refractivity contribution in [2.24, 2.45) is 11.7 Å². The summed E-state index contributed by atoms with van der Waals surface area (Å²) < 4.78 is 0. The summed E-state index contributed by atoms with van der Waals surface area (Å²) in [7, 11) is 0. The van der Waals surface area contributed by atoms with Gasteiger partial charge in [-0.25, -0.2) is 0 Å². The lowest BCUT2D eigenvalue weighted by molar-refractivity contribution is -0.117. The molecule has 1 saturated heterocycles. The Morgan fingerprint density at radius 2 is 1.82 bits per heavy atom. The smallest absolute Gasteiger partial charge is 0.253 e. The number of aryl methyl sites for hydroxylation is 1. The molecule has 0 bridgehead atoms. The van der Waals surface area contributed by atoms with Crippen molar-refractivity contribution in [1.82, 2.24) is 4.90 Å². The maximum atomic E-state index is 12.8. The minimum atomic E-state index is -0.405.